The van der Waals surface area contributed by atoms with E-state index in [0.717, 1.165) is 70.6 Å². The van der Waals surface area contributed by atoms with E-state index in [1.165, 1.54) is 116 Å². The molecular weight excluding hydrogens is 709 g/mol. The Bertz CT molecular complexity index is 998. The normalized spacial score (nSPS) is 11.9. The summed E-state index contributed by atoms with van der Waals surface area (Å²) in [5, 5.41) is 0. The van der Waals surface area contributed by atoms with Crippen molar-refractivity contribution < 1.29 is 28.6 Å². The van der Waals surface area contributed by atoms with Gasteiger partial charge in [0.1, 0.15) is 19.3 Å². The highest BCUT2D eigenvalue weighted by Gasteiger charge is 2.16. The second-order valence-electron chi connectivity index (χ2n) is 15.9. The molecule has 0 atom stereocenters. The Morgan fingerprint density at radius 2 is 0.754 bits per heavy atom. The van der Waals surface area contributed by atoms with Crippen molar-refractivity contribution in [1.82, 2.24) is 0 Å². The average Bonchev–Trinajstić information content (AvgIpc) is 3.21. The van der Waals surface area contributed by atoms with Gasteiger partial charge in [0.05, 0.1) is 0 Å². The van der Waals surface area contributed by atoms with E-state index in [9.17, 15) is 14.4 Å². The van der Waals surface area contributed by atoms with Gasteiger partial charge < -0.3 is 14.2 Å². The molecule has 0 unspecified atom stereocenters. The largest absolute Gasteiger partial charge is 0.463 e. The SMILES string of the molecule is C=C/C=C/C=C/C=C/C=C/C(=O)CCCCCCCCCOC(COC(=O)CCCCCCCCCCCCC)COC(=O)CCCCCCCCCCCCC. The summed E-state index contributed by atoms with van der Waals surface area (Å²) in [6, 6.07) is 0. The summed E-state index contributed by atoms with van der Waals surface area (Å²) in [6.45, 7) is 8.93. The summed E-state index contributed by atoms with van der Waals surface area (Å²) in [7, 11) is 0. The molecule has 0 radical (unpaired) electrons. The number of carbonyl (C=O) groups excluding carboxylic acids is 3. The maximum atomic E-state index is 12.5. The Morgan fingerprint density at radius 1 is 0.421 bits per heavy atom. The van der Waals surface area contributed by atoms with Crippen LogP contribution in [0.25, 0.3) is 0 Å². The van der Waals surface area contributed by atoms with E-state index in [2.05, 4.69) is 20.4 Å². The van der Waals surface area contributed by atoms with Crippen molar-refractivity contribution in [1.29, 1.82) is 0 Å². The van der Waals surface area contributed by atoms with Gasteiger partial charge in [-0.2, -0.15) is 0 Å². The molecule has 0 aliphatic carbocycles. The lowest BCUT2D eigenvalue weighted by Crippen LogP contribution is -2.29. The zero-order chi connectivity index (χ0) is 41.5. The second-order valence-corrected chi connectivity index (χ2v) is 15.9. The minimum absolute atomic E-state index is 0.123. The molecule has 0 rings (SSSR count). The molecule has 0 saturated carbocycles. The van der Waals surface area contributed by atoms with Crippen LogP contribution >= 0.6 is 0 Å². The predicted molar refractivity (Wildman–Crippen MR) is 243 cm³/mol. The van der Waals surface area contributed by atoms with E-state index in [1.807, 2.05) is 36.5 Å². The van der Waals surface area contributed by atoms with E-state index in [0.29, 0.717) is 25.9 Å². The summed E-state index contributed by atoms with van der Waals surface area (Å²) in [5.41, 5.74) is 0. The van der Waals surface area contributed by atoms with Crippen LogP contribution < -0.4 is 0 Å². The molecule has 0 spiro atoms. The van der Waals surface area contributed by atoms with Crippen LogP contribution in [0.5, 0.6) is 0 Å². The van der Waals surface area contributed by atoms with Gasteiger partial charge in [-0.15, -0.1) is 0 Å². The third kappa shape index (κ3) is 44.2. The molecule has 328 valence electrons. The standard InChI is InChI=1S/C51H88O6/c1-4-7-10-13-16-19-21-23-28-33-38-43-50(53)56-46-49(47-57-51(54)44-39-34-29-24-22-20-17-14-11-8-5-2)55-45-40-35-30-25-27-32-37-42-48(52)41-36-31-26-18-15-12-9-6-3/h6,9,12,15,18,26,31,36,41,49H,3-5,7-8,10-11,13-14,16-17,19-25,27-30,32-35,37-40,42-47H2,1-2H3/b12-9+,18-15+,31-26+,41-36+. The number of hydrogen-bond donors (Lipinski definition) is 0. The molecular formula is C51H88O6. The van der Waals surface area contributed by atoms with Gasteiger partial charge in [-0.1, -0.05) is 230 Å². The first-order valence-electron chi connectivity index (χ1n) is 23.8. The fourth-order valence-corrected chi connectivity index (χ4v) is 6.71. The molecule has 57 heavy (non-hydrogen) atoms. The molecule has 6 heteroatoms. The monoisotopic (exact) mass is 797 g/mol. The maximum absolute atomic E-state index is 12.5. The van der Waals surface area contributed by atoms with Crippen LogP contribution in [0.3, 0.4) is 0 Å². The van der Waals surface area contributed by atoms with Crippen molar-refractivity contribution in [3.05, 3.63) is 61.3 Å². The number of rotatable bonds is 44. The van der Waals surface area contributed by atoms with Gasteiger partial charge in [0.15, 0.2) is 5.78 Å². The first-order valence-corrected chi connectivity index (χ1v) is 23.8. The lowest BCUT2D eigenvalue weighted by atomic mass is 10.1. The highest BCUT2D eigenvalue weighted by molar-refractivity contribution is 5.89. The number of allylic oxidation sites excluding steroid dienone is 9. The maximum Gasteiger partial charge on any atom is 0.305 e. The second kappa shape index (κ2) is 46.0. The summed E-state index contributed by atoms with van der Waals surface area (Å²) in [5.74, 6) is -0.217. The van der Waals surface area contributed by atoms with Gasteiger partial charge >= 0.3 is 11.9 Å². The fraction of sp³-hybridized carbons (Fsp3) is 0.745. The lowest BCUT2D eigenvalue weighted by Gasteiger charge is -2.18. The third-order valence-electron chi connectivity index (χ3n) is 10.3. The van der Waals surface area contributed by atoms with Gasteiger partial charge in [-0.3, -0.25) is 14.4 Å². The van der Waals surface area contributed by atoms with Crippen molar-refractivity contribution in [2.75, 3.05) is 19.8 Å². The van der Waals surface area contributed by atoms with Crippen LogP contribution in [0.1, 0.15) is 219 Å². The van der Waals surface area contributed by atoms with Crippen molar-refractivity contribution in [3.63, 3.8) is 0 Å². The molecule has 0 bridgehead atoms. The van der Waals surface area contributed by atoms with E-state index < -0.39 is 6.10 Å². The van der Waals surface area contributed by atoms with Gasteiger partial charge in [-0.05, 0) is 31.8 Å². The summed E-state index contributed by atoms with van der Waals surface area (Å²) >= 11 is 0. The van der Waals surface area contributed by atoms with Crippen LogP contribution in [0.2, 0.25) is 0 Å². The molecule has 0 aliphatic rings. The van der Waals surface area contributed by atoms with Crippen LogP contribution in [0, 0.1) is 0 Å². The lowest BCUT2D eigenvalue weighted by molar-refractivity contribution is -0.155. The van der Waals surface area contributed by atoms with E-state index in [1.54, 1.807) is 18.2 Å². The van der Waals surface area contributed by atoms with Crippen LogP contribution in [0.4, 0.5) is 0 Å². The molecule has 0 amide bonds. The number of hydrogen-bond acceptors (Lipinski definition) is 6. The predicted octanol–water partition coefficient (Wildman–Crippen LogP) is 15.0. The van der Waals surface area contributed by atoms with Crippen LogP contribution in [0.15, 0.2) is 61.3 Å². The molecule has 0 saturated heterocycles. The molecule has 6 nitrogen and oxygen atoms in total. The molecule has 0 heterocycles. The fourth-order valence-electron chi connectivity index (χ4n) is 6.71. The number of ketones is 1. The summed E-state index contributed by atoms with van der Waals surface area (Å²) < 4.78 is 17.3. The number of unbranched alkanes of at least 4 members (excludes halogenated alkanes) is 26. The quantitative estimate of drug-likeness (QED) is 0.0264. The smallest absolute Gasteiger partial charge is 0.305 e. The minimum Gasteiger partial charge on any atom is -0.463 e. The van der Waals surface area contributed by atoms with Crippen LogP contribution in [-0.2, 0) is 28.6 Å². The van der Waals surface area contributed by atoms with E-state index in [-0.39, 0.29) is 30.9 Å². The van der Waals surface area contributed by atoms with Crippen molar-refractivity contribution in [2.24, 2.45) is 0 Å². The van der Waals surface area contributed by atoms with Crippen molar-refractivity contribution in [3.8, 4) is 0 Å². The van der Waals surface area contributed by atoms with Crippen LogP contribution in [-0.4, -0.2) is 43.6 Å². The Balaban J connectivity index is 4.31. The molecule has 0 N–H and O–H groups in total. The third-order valence-corrected chi connectivity index (χ3v) is 10.3. The minimum atomic E-state index is -0.439. The average molecular weight is 797 g/mol. The zero-order valence-electron chi connectivity index (χ0n) is 37.2. The van der Waals surface area contributed by atoms with E-state index >= 15 is 0 Å². The number of carbonyl (C=O) groups is 3. The molecule has 0 aromatic carbocycles. The summed E-state index contributed by atoms with van der Waals surface area (Å²) in [6.07, 6.45) is 52.2. The van der Waals surface area contributed by atoms with Gasteiger partial charge in [0.25, 0.3) is 0 Å². The molecule has 0 aromatic heterocycles. The molecule has 0 fully saturated rings. The summed E-state index contributed by atoms with van der Waals surface area (Å²) in [4.78, 5) is 37.1. The molecule has 0 aromatic rings. The van der Waals surface area contributed by atoms with Gasteiger partial charge in [0.2, 0.25) is 0 Å². The van der Waals surface area contributed by atoms with Crippen molar-refractivity contribution >= 4 is 17.7 Å². The highest BCUT2D eigenvalue weighted by atomic mass is 16.6. The first kappa shape index (κ1) is 54.3. The first-order chi connectivity index (χ1) is 28.0. The van der Waals surface area contributed by atoms with Gasteiger partial charge in [-0.25, -0.2) is 0 Å². The Labute approximate surface area is 351 Å². The van der Waals surface area contributed by atoms with Gasteiger partial charge in [0, 0.05) is 25.9 Å². The van der Waals surface area contributed by atoms with Crippen molar-refractivity contribution in [2.45, 2.75) is 225 Å². The number of esters is 2. The van der Waals surface area contributed by atoms with E-state index in [4.69, 9.17) is 14.2 Å². The Hall–Kier alpha value is -2.73. The zero-order valence-corrected chi connectivity index (χ0v) is 37.2. The Morgan fingerprint density at radius 3 is 1.16 bits per heavy atom. The molecule has 0 aliphatic heterocycles. The highest BCUT2D eigenvalue weighted by Crippen LogP contribution is 2.15. The number of ether oxygens (including phenoxy) is 3. The Kier molecular flexibility index (Phi) is 43.8. The topological polar surface area (TPSA) is 78.9 Å².